The van der Waals surface area contributed by atoms with Crippen LogP contribution in [0.15, 0.2) is 24.3 Å². The molecule has 1 aliphatic rings. The Hall–Kier alpha value is -1.88. The Morgan fingerprint density at radius 1 is 1.11 bits per heavy atom. The predicted molar refractivity (Wildman–Crippen MR) is 111 cm³/mol. The van der Waals surface area contributed by atoms with Crippen LogP contribution in [0.4, 0.5) is 5.69 Å². The van der Waals surface area contributed by atoms with Gasteiger partial charge >= 0.3 is 0 Å². The molecule has 0 spiro atoms. The number of anilines is 1. The van der Waals surface area contributed by atoms with Crippen molar-refractivity contribution >= 4 is 17.5 Å². The van der Waals surface area contributed by atoms with Gasteiger partial charge in [0.05, 0.1) is 6.42 Å². The summed E-state index contributed by atoms with van der Waals surface area (Å²) in [4.78, 5) is 26.6. The van der Waals surface area contributed by atoms with E-state index in [9.17, 15) is 9.59 Å². The molecule has 1 aromatic carbocycles. The van der Waals surface area contributed by atoms with Crippen molar-refractivity contribution in [2.75, 3.05) is 32.0 Å². The average Bonchev–Trinajstić information content (AvgIpc) is 2.60. The van der Waals surface area contributed by atoms with E-state index in [2.05, 4.69) is 10.6 Å². The Labute approximate surface area is 163 Å². The summed E-state index contributed by atoms with van der Waals surface area (Å²) in [6, 6.07) is 7.63. The molecule has 1 fully saturated rings. The van der Waals surface area contributed by atoms with Crippen molar-refractivity contribution in [3.63, 3.8) is 0 Å². The van der Waals surface area contributed by atoms with Crippen LogP contribution in [0.1, 0.15) is 52.0 Å². The number of benzene rings is 1. The van der Waals surface area contributed by atoms with Gasteiger partial charge in [0.1, 0.15) is 0 Å². The lowest BCUT2D eigenvalue weighted by Crippen LogP contribution is -2.39. The first-order chi connectivity index (χ1) is 12.8. The van der Waals surface area contributed by atoms with Crippen molar-refractivity contribution in [3.05, 3.63) is 29.8 Å². The molecule has 150 valence electrons. The van der Waals surface area contributed by atoms with Gasteiger partial charge in [-0.25, -0.2) is 0 Å². The van der Waals surface area contributed by atoms with Crippen LogP contribution in [0, 0.1) is 11.3 Å². The van der Waals surface area contributed by atoms with Crippen molar-refractivity contribution < 1.29 is 9.59 Å². The summed E-state index contributed by atoms with van der Waals surface area (Å²) in [5.41, 5.74) is 1.74. The fourth-order valence-corrected chi connectivity index (χ4v) is 3.50. The first-order valence-electron chi connectivity index (χ1n) is 10.1. The van der Waals surface area contributed by atoms with Gasteiger partial charge in [-0.15, -0.1) is 0 Å². The zero-order chi connectivity index (χ0) is 19.9. The summed E-state index contributed by atoms with van der Waals surface area (Å²) in [7, 11) is 1.99. The normalized spacial score (nSPS) is 15.6. The van der Waals surface area contributed by atoms with E-state index in [1.165, 1.54) is 6.42 Å². The van der Waals surface area contributed by atoms with Crippen LogP contribution < -0.4 is 10.6 Å². The molecule has 0 unspecified atom stereocenters. The Bertz CT molecular complexity index is 611. The van der Waals surface area contributed by atoms with Crippen molar-refractivity contribution in [1.82, 2.24) is 10.2 Å². The molecule has 0 aliphatic carbocycles. The van der Waals surface area contributed by atoms with Gasteiger partial charge in [-0.3, -0.25) is 9.59 Å². The van der Waals surface area contributed by atoms with E-state index in [0.29, 0.717) is 12.8 Å². The van der Waals surface area contributed by atoms with E-state index < -0.39 is 0 Å². The lowest BCUT2D eigenvalue weighted by molar-refractivity contribution is -0.131. The zero-order valence-corrected chi connectivity index (χ0v) is 17.3. The number of likely N-dealkylation sites (tertiary alicyclic amines) is 1. The molecular formula is C22H35N3O2. The highest BCUT2D eigenvalue weighted by atomic mass is 16.2. The highest BCUT2D eigenvalue weighted by Gasteiger charge is 2.22. The van der Waals surface area contributed by atoms with E-state index in [4.69, 9.17) is 0 Å². The Morgan fingerprint density at radius 2 is 1.74 bits per heavy atom. The van der Waals surface area contributed by atoms with Gasteiger partial charge in [-0.05, 0) is 61.9 Å². The molecule has 0 atom stereocenters. The molecule has 2 amide bonds. The Balaban J connectivity index is 1.79. The minimum absolute atomic E-state index is 0.0208. The smallest absolute Gasteiger partial charge is 0.226 e. The molecule has 1 saturated heterocycles. The van der Waals surface area contributed by atoms with Crippen LogP contribution in [0.25, 0.3) is 0 Å². The van der Waals surface area contributed by atoms with Crippen molar-refractivity contribution in [2.24, 2.45) is 11.3 Å². The van der Waals surface area contributed by atoms with Crippen molar-refractivity contribution in [2.45, 2.75) is 52.9 Å². The van der Waals surface area contributed by atoms with Gasteiger partial charge < -0.3 is 15.5 Å². The fraction of sp³-hybridized carbons (Fsp3) is 0.636. The first kappa shape index (κ1) is 21.4. The largest absolute Gasteiger partial charge is 0.342 e. The maximum atomic E-state index is 12.6. The number of carbonyl (C=O) groups is 2. The number of hydrogen-bond acceptors (Lipinski definition) is 3. The van der Waals surface area contributed by atoms with Gasteiger partial charge in [-0.1, -0.05) is 32.9 Å². The molecule has 2 N–H and O–H groups in total. The number of rotatable bonds is 7. The van der Waals surface area contributed by atoms with Crippen LogP contribution in [-0.2, 0) is 16.0 Å². The second kappa shape index (κ2) is 9.88. The van der Waals surface area contributed by atoms with E-state index in [-0.39, 0.29) is 17.2 Å². The molecule has 0 aromatic heterocycles. The molecule has 0 bridgehead atoms. The first-order valence-corrected chi connectivity index (χ1v) is 10.1. The highest BCUT2D eigenvalue weighted by molar-refractivity contribution is 5.91. The third-order valence-corrected chi connectivity index (χ3v) is 5.05. The molecule has 2 rings (SSSR count). The maximum Gasteiger partial charge on any atom is 0.226 e. The van der Waals surface area contributed by atoms with Crippen LogP contribution in [0.3, 0.4) is 0 Å². The third kappa shape index (κ3) is 7.71. The summed E-state index contributed by atoms with van der Waals surface area (Å²) in [6.07, 6.45) is 4.31. The summed E-state index contributed by atoms with van der Waals surface area (Å²) in [6.45, 7) is 8.93. The minimum atomic E-state index is -0.0308. The minimum Gasteiger partial charge on any atom is -0.342 e. The van der Waals surface area contributed by atoms with E-state index in [1.807, 2.05) is 57.0 Å². The standard InChI is InChI=1S/C22H35N3O2/c1-22(2,3)16-20(26)24-19-7-5-18(6-8-19)15-21(27)25-13-10-17(11-14-25)9-12-23-4/h5-8,17,23H,9-16H2,1-4H3,(H,24,26). The average molecular weight is 374 g/mol. The van der Waals surface area contributed by atoms with Crippen molar-refractivity contribution in [3.8, 4) is 0 Å². The van der Waals surface area contributed by atoms with Crippen LogP contribution in [-0.4, -0.2) is 43.4 Å². The molecule has 0 saturated carbocycles. The zero-order valence-electron chi connectivity index (χ0n) is 17.3. The van der Waals surface area contributed by atoms with Crippen molar-refractivity contribution in [1.29, 1.82) is 0 Å². The molecular weight excluding hydrogens is 338 g/mol. The quantitative estimate of drug-likeness (QED) is 0.769. The third-order valence-electron chi connectivity index (χ3n) is 5.05. The monoisotopic (exact) mass is 373 g/mol. The predicted octanol–water partition coefficient (Wildman–Crippen LogP) is 3.45. The fourth-order valence-electron chi connectivity index (χ4n) is 3.50. The van der Waals surface area contributed by atoms with E-state index in [0.717, 1.165) is 49.6 Å². The maximum absolute atomic E-state index is 12.6. The number of nitrogens with one attached hydrogen (secondary N) is 2. The summed E-state index contributed by atoms with van der Waals surface area (Å²) in [5.74, 6) is 0.955. The topological polar surface area (TPSA) is 61.4 Å². The van der Waals surface area contributed by atoms with Crippen LogP contribution in [0.2, 0.25) is 0 Å². The molecule has 0 radical (unpaired) electrons. The lowest BCUT2D eigenvalue weighted by atomic mass is 9.92. The van der Waals surface area contributed by atoms with Gasteiger partial charge in [0.15, 0.2) is 0 Å². The van der Waals surface area contributed by atoms with Crippen LogP contribution >= 0.6 is 0 Å². The molecule has 27 heavy (non-hydrogen) atoms. The molecule has 1 heterocycles. The second-order valence-electron chi connectivity index (χ2n) is 8.88. The molecule has 5 nitrogen and oxygen atoms in total. The summed E-state index contributed by atoms with van der Waals surface area (Å²) < 4.78 is 0. The Morgan fingerprint density at radius 3 is 2.30 bits per heavy atom. The number of hydrogen-bond donors (Lipinski definition) is 2. The van der Waals surface area contributed by atoms with E-state index >= 15 is 0 Å². The van der Waals surface area contributed by atoms with E-state index in [1.54, 1.807) is 0 Å². The van der Waals surface area contributed by atoms with Gasteiger partial charge in [0.25, 0.3) is 0 Å². The summed E-state index contributed by atoms with van der Waals surface area (Å²) >= 11 is 0. The van der Waals surface area contributed by atoms with Gasteiger partial charge in [0, 0.05) is 25.2 Å². The Kier molecular flexibility index (Phi) is 7.84. The number of piperidine rings is 1. The molecule has 1 aromatic rings. The second-order valence-corrected chi connectivity index (χ2v) is 8.88. The summed E-state index contributed by atoms with van der Waals surface area (Å²) in [5, 5.41) is 6.13. The lowest BCUT2D eigenvalue weighted by Gasteiger charge is -2.32. The number of nitrogens with zero attached hydrogens (tertiary/aromatic N) is 1. The highest BCUT2D eigenvalue weighted by Crippen LogP contribution is 2.22. The van der Waals surface area contributed by atoms with Crippen LogP contribution in [0.5, 0.6) is 0 Å². The molecule has 1 aliphatic heterocycles. The number of amides is 2. The SMILES string of the molecule is CNCCC1CCN(C(=O)Cc2ccc(NC(=O)CC(C)(C)C)cc2)CC1. The van der Waals surface area contributed by atoms with Gasteiger partial charge in [-0.2, -0.15) is 0 Å². The van der Waals surface area contributed by atoms with Gasteiger partial charge in [0.2, 0.25) is 11.8 Å². The number of carbonyl (C=O) groups excluding carboxylic acids is 2. The molecule has 5 heteroatoms.